The molecule has 1 atom stereocenters. The largest absolute Gasteiger partial charge is 0.318 e. The molecule has 2 aromatic carbocycles. The van der Waals surface area contributed by atoms with Crippen LogP contribution in [-0.4, -0.2) is 9.55 Å². The van der Waals surface area contributed by atoms with Crippen molar-refractivity contribution in [2.45, 2.75) is 19.9 Å². The molecule has 0 aliphatic heterocycles. The highest BCUT2D eigenvalue weighted by Gasteiger charge is 2.22. The lowest BCUT2D eigenvalue weighted by atomic mass is 10.1. The zero-order valence-electron chi connectivity index (χ0n) is 14.3. The fraction of sp³-hybridized carbons (Fsp3) is 0.143. The Bertz CT molecular complexity index is 1080. The van der Waals surface area contributed by atoms with Gasteiger partial charge < -0.3 is 0 Å². The molecule has 4 heteroatoms. The van der Waals surface area contributed by atoms with E-state index in [1.54, 1.807) is 0 Å². The van der Waals surface area contributed by atoms with Crippen LogP contribution < -0.4 is 10.5 Å². The molecule has 1 unspecified atom stereocenters. The van der Waals surface area contributed by atoms with Gasteiger partial charge in [0.05, 0.1) is 6.20 Å². The molecule has 0 fully saturated rings. The van der Waals surface area contributed by atoms with E-state index in [0.29, 0.717) is 5.39 Å². The second-order valence-corrected chi connectivity index (χ2v) is 6.35. The highest BCUT2D eigenvalue weighted by Crippen LogP contribution is 2.24. The highest BCUT2D eigenvalue weighted by atomic mass is 16.1. The number of rotatable bonds is 3. The number of aromatic amines is 2. The molecular formula is C21H20N3O+. The van der Waals surface area contributed by atoms with Gasteiger partial charge in [0, 0.05) is 11.1 Å². The minimum Gasteiger partial charge on any atom is -0.259 e. The van der Waals surface area contributed by atoms with Crippen molar-refractivity contribution in [1.29, 1.82) is 0 Å². The Hall–Kier alpha value is -3.14. The summed E-state index contributed by atoms with van der Waals surface area (Å²) in [6, 6.07) is 20.3. The second kappa shape index (κ2) is 6.06. The summed E-state index contributed by atoms with van der Waals surface area (Å²) >= 11 is 0. The van der Waals surface area contributed by atoms with Gasteiger partial charge in [0.25, 0.3) is 0 Å². The molecule has 4 rings (SSSR count). The van der Waals surface area contributed by atoms with Gasteiger partial charge >= 0.3 is 5.56 Å². The first-order valence-electron chi connectivity index (χ1n) is 8.42. The summed E-state index contributed by atoms with van der Waals surface area (Å²) < 4.78 is 2.14. The fourth-order valence-electron chi connectivity index (χ4n) is 3.34. The van der Waals surface area contributed by atoms with Gasteiger partial charge in [0.15, 0.2) is 0 Å². The summed E-state index contributed by atoms with van der Waals surface area (Å²) in [5.41, 5.74) is 3.91. The van der Waals surface area contributed by atoms with Gasteiger partial charge in [-0.15, -0.1) is 0 Å². The third kappa shape index (κ3) is 2.66. The molecule has 0 saturated carbocycles. The van der Waals surface area contributed by atoms with Crippen molar-refractivity contribution in [2.24, 2.45) is 0 Å². The van der Waals surface area contributed by atoms with Crippen LogP contribution in [0, 0.1) is 6.92 Å². The van der Waals surface area contributed by atoms with E-state index in [4.69, 9.17) is 0 Å². The lowest BCUT2D eigenvalue weighted by molar-refractivity contribution is -0.340. The van der Waals surface area contributed by atoms with Crippen molar-refractivity contribution in [3.05, 3.63) is 88.3 Å². The van der Waals surface area contributed by atoms with E-state index >= 15 is 0 Å². The minimum absolute atomic E-state index is 0.0656. The number of hydrogen-bond acceptors (Lipinski definition) is 1. The Morgan fingerprint density at radius 1 is 1.00 bits per heavy atom. The van der Waals surface area contributed by atoms with Crippen LogP contribution in [0.4, 0.5) is 0 Å². The van der Waals surface area contributed by atoms with Gasteiger partial charge in [-0.3, -0.25) is 9.36 Å². The van der Waals surface area contributed by atoms with Gasteiger partial charge in [-0.1, -0.05) is 48.5 Å². The molecule has 0 radical (unpaired) electrons. The van der Waals surface area contributed by atoms with E-state index in [-0.39, 0.29) is 11.6 Å². The minimum atomic E-state index is -0.0656. The number of fused-ring (bicyclic) bond motifs is 1. The van der Waals surface area contributed by atoms with E-state index in [9.17, 15) is 4.79 Å². The van der Waals surface area contributed by atoms with Crippen molar-refractivity contribution in [1.82, 2.24) is 9.55 Å². The number of nitrogens with zero attached hydrogens (tertiary/aromatic N) is 1. The number of benzene rings is 2. The zero-order valence-corrected chi connectivity index (χ0v) is 14.3. The first-order valence-corrected chi connectivity index (χ1v) is 8.42. The Labute approximate surface area is 145 Å². The molecule has 0 amide bonds. The normalized spacial score (nSPS) is 12.4. The number of H-pyrrole nitrogens is 2. The first kappa shape index (κ1) is 15.4. The van der Waals surface area contributed by atoms with Crippen LogP contribution in [-0.2, 0) is 0 Å². The average molecular weight is 330 g/mol. The van der Waals surface area contributed by atoms with Crippen LogP contribution in [0.2, 0.25) is 0 Å². The van der Waals surface area contributed by atoms with Crippen molar-refractivity contribution in [2.75, 3.05) is 0 Å². The van der Waals surface area contributed by atoms with Crippen molar-refractivity contribution in [3.63, 3.8) is 0 Å². The summed E-state index contributed by atoms with van der Waals surface area (Å²) in [4.78, 5) is 19.1. The van der Waals surface area contributed by atoms with Gasteiger partial charge in [-0.05, 0) is 31.5 Å². The van der Waals surface area contributed by atoms with Crippen LogP contribution >= 0.6 is 0 Å². The van der Waals surface area contributed by atoms with E-state index in [1.807, 2.05) is 61.7 Å². The van der Waals surface area contributed by atoms with Crippen LogP contribution in [0.1, 0.15) is 24.1 Å². The Morgan fingerprint density at radius 2 is 1.64 bits per heavy atom. The fourth-order valence-corrected chi connectivity index (χ4v) is 3.34. The van der Waals surface area contributed by atoms with E-state index in [0.717, 1.165) is 22.6 Å². The molecule has 2 aromatic heterocycles. The monoisotopic (exact) mass is 330 g/mol. The smallest absolute Gasteiger partial charge is 0.259 e. The molecule has 124 valence electrons. The summed E-state index contributed by atoms with van der Waals surface area (Å²) in [6.45, 7) is 4.12. The number of hydrogen-bond donors (Lipinski definition) is 1. The van der Waals surface area contributed by atoms with Gasteiger partial charge in [-0.25, -0.2) is 9.97 Å². The van der Waals surface area contributed by atoms with E-state index in [1.165, 1.54) is 5.56 Å². The summed E-state index contributed by atoms with van der Waals surface area (Å²) in [5, 5.41) is 0.711. The topological polar surface area (TPSA) is 51.9 Å². The average Bonchev–Trinajstić information content (AvgIpc) is 2.99. The summed E-state index contributed by atoms with van der Waals surface area (Å²) in [7, 11) is 0. The number of aryl methyl sites for hydroxylation is 1. The quantitative estimate of drug-likeness (QED) is 0.611. The maximum Gasteiger partial charge on any atom is 0.318 e. The standard InChI is InChI=1S/C21H19N3O/c1-14-13-24(15(2)16-9-5-3-6-10-16)20-18(14)21(25)23-19(22-20)17-11-7-4-8-12-17/h3-13,15H,1-2H3,(H,22,23,25)/p+1. The zero-order chi connectivity index (χ0) is 17.4. The highest BCUT2D eigenvalue weighted by molar-refractivity contribution is 5.77. The molecule has 4 aromatic rings. The number of nitrogens with one attached hydrogen (secondary N) is 2. The maximum absolute atomic E-state index is 12.7. The molecule has 0 spiro atoms. The molecule has 2 N–H and O–H groups in total. The summed E-state index contributed by atoms with van der Waals surface area (Å²) in [6.07, 6.45) is 2.04. The third-order valence-electron chi connectivity index (χ3n) is 4.69. The molecule has 0 aliphatic rings. The van der Waals surface area contributed by atoms with Crippen LogP contribution in [0.3, 0.4) is 0 Å². The Kier molecular flexibility index (Phi) is 3.73. The molecule has 0 aliphatic carbocycles. The van der Waals surface area contributed by atoms with Crippen LogP contribution in [0.15, 0.2) is 71.7 Å². The predicted octanol–water partition coefficient (Wildman–Crippen LogP) is 3.73. The molecular weight excluding hydrogens is 310 g/mol. The van der Waals surface area contributed by atoms with Crippen LogP contribution in [0.25, 0.3) is 22.4 Å². The van der Waals surface area contributed by atoms with E-state index < -0.39 is 0 Å². The van der Waals surface area contributed by atoms with Crippen molar-refractivity contribution in [3.8, 4) is 11.4 Å². The van der Waals surface area contributed by atoms with Crippen LogP contribution in [0.5, 0.6) is 0 Å². The lowest BCUT2D eigenvalue weighted by Crippen LogP contribution is -2.23. The third-order valence-corrected chi connectivity index (χ3v) is 4.69. The predicted molar refractivity (Wildman–Crippen MR) is 99.5 cm³/mol. The maximum atomic E-state index is 12.7. The SMILES string of the molecule is Cc1cn(C(C)c2ccccc2)c2[nH+]c(-c3ccccc3)[nH]c(=O)c12. The van der Waals surface area contributed by atoms with E-state index in [2.05, 4.69) is 33.6 Å². The first-order chi connectivity index (χ1) is 12.1. The van der Waals surface area contributed by atoms with Crippen molar-refractivity contribution < 1.29 is 4.98 Å². The molecule has 0 bridgehead atoms. The second-order valence-electron chi connectivity index (χ2n) is 6.35. The van der Waals surface area contributed by atoms with Crippen molar-refractivity contribution >= 4 is 11.0 Å². The molecule has 4 nitrogen and oxygen atoms in total. The Morgan fingerprint density at radius 3 is 2.32 bits per heavy atom. The molecule has 25 heavy (non-hydrogen) atoms. The van der Waals surface area contributed by atoms with Gasteiger partial charge in [0.2, 0.25) is 11.5 Å². The molecule has 2 heterocycles. The van der Waals surface area contributed by atoms with Gasteiger partial charge in [0.1, 0.15) is 11.4 Å². The van der Waals surface area contributed by atoms with Gasteiger partial charge in [-0.2, -0.15) is 0 Å². The Balaban J connectivity index is 1.94. The number of aromatic nitrogens is 3. The molecule has 0 saturated heterocycles. The lowest BCUT2D eigenvalue weighted by Gasteiger charge is -2.11. The summed E-state index contributed by atoms with van der Waals surface area (Å²) in [5.74, 6) is 0.720.